The van der Waals surface area contributed by atoms with E-state index in [0.29, 0.717) is 10.8 Å². The minimum absolute atomic E-state index is 0.425. The molecule has 2 nitrogen and oxygen atoms in total. The Morgan fingerprint density at radius 1 is 1.16 bits per heavy atom. The van der Waals surface area contributed by atoms with E-state index in [2.05, 4.69) is 0 Å². The molecular formula is C16H13ClO2. The van der Waals surface area contributed by atoms with Gasteiger partial charge in [-0.05, 0) is 42.3 Å². The molecule has 0 amide bonds. The summed E-state index contributed by atoms with van der Waals surface area (Å²) in [6.45, 7) is 1.94. The summed E-state index contributed by atoms with van der Waals surface area (Å²) >= 11 is 5.99. The zero-order chi connectivity index (χ0) is 13.7. The largest absolute Gasteiger partial charge is 0.423 e. The van der Waals surface area contributed by atoms with Crippen LogP contribution in [0, 0.1) is 6.92 Å². The first-order valence-corrected chi connectivity index (χ1v) is 6.24. The summed E-state index contributed by atoms with van der Waals surface area (Å²) in [5, 5.41) is 0.599. The van der Waals surface area contributed by atoms with Crippen LogP contribution in [0.1, 0.15) is 11.1 Å². The van der Waals surface area contributed by atoms with Gasteiger partial charge in [0, 0.05) is 11.1 Å². The van der Waals surface area contributed by atoms with Crippen molar-refractivity contribution in [2.75, 3.05) is 0 Å². The molecule has 0 saturated heterocycles. The Bertz CT molecular complexity index is 618. The molecule has 0 radical (unpaired) electrons. The van der Waals surface area contributed by atoms with Crippen LogP contribution in [0.2, 0.25) is 5.02 Å². The molecule has 0 saturated carbocycles. The Balaban J connectivity index is 2.04. The molecule has 19 heavy (non-hydrogen) atoms. The van der Waals surface area contributed by atoms with Crippen LogP contribution >= 0.6 is 11.6 Å². The highest BCUT2D eigenvalue weighted by atomic mass is 35.5. The van der Waals surface area contributed by atoms with Crippen LogP contribution in [0.15, 0.2) is 54.6 Å². The first kappa shape index (κ1) is 13.4. The average molecular weight is 273 g/mol. The lowest BCUT2D eigenvalue weighted by atomic mass is 10.2. The highest BCUT2D eigenvalue weighted by Gasteiger charge is 2.01. The summed E-state index contributed by atoms with van der Waals surface area (Å²) in [5.41, 5.74) is 1.82. The molecule has 0 aliphatic rings. The zero-order valence-corrected chi connectivity index (χ0v) is 11.2. The van der Waals surface area contributed by atoms with Gasteiger partial charge in [0.2, 0.25) is 0 Å². The van der Waals surface area contributed by atoms with Crippen LogP contribution in [0.4, 0.5) is 0 Å². The van der Waals surface area contributed by atoms with E-state index in [9.17, 15) is 4.79 Å². The second kappa shape index (κ2) is 6.21. The van der Waals surface area contributed by atoms with Gasteiger partial charge in [0.15, 0.2) is 0 Å². The fraction of sp³-hybridized carbons (Fsp3) is 0.0625. The van der Waals surface area contributed by atoms with E-state index in [1.165, 1.54) is 6.08 Å². The maximum atomic E-state index is 11.7. The molecule has 2 aromatic rings. The van der Waals surface area contributed by atoms with Crippen molar-refractivity contribution in [2.45, 2.75) is 6.92 Å². The lowest BCUT2D eigenvalue weighted by Gasteiger charge is -2.02. The van der Waals surface area contributed by atoms with Crippen LogP contribution in [0.25, 0.3) is 6.08 Å². The molecule has 2 rings (SSSR count). The molecule has 0 aliphatic carbocycles. The predicted molar refractivity (Wildman–Crippen MR) is 77.3 cm³/mol. The van der Waals surface area contributed by atoms with Crippen LogP contribution in [0.5, 0.6) is 5.75 Å². The van der Waals surface area contributed by atoms with Crippen molar-refractivity contribution in [1.82, 2.24) is 0 Å². The van der Waals surface area contributed by atoms with Crippen molar-refractivity contribution in [1.29, 1.82) is 0 Å². The van der Waals surface area contributed by atoms with Gasteiger partial charge in [-0.2, -0.15) is 0 Å². The summed E-state index contributed by atoms with van der Waals surface area (Å²) < 4.78 is 5.19. The quantitative estimate of drug-likeness (QED) is 0.474. The van der Waals surface area contributed by atoms with Crippen LogP contribution < -0.4 is 4.74 Å². The van der Waals surface area contributed by atoms with Gasteiger partial charge in [0.25, 0.3) is 0 Å². The van der Waals surface area contributed by atoms with Gasteiger partial charge in [-0.3, -0.25) is 0 Å². The minimum Gasteiger partial charge on any atom is -0.423 e. The summed E-state index contributed by atoms with van der Waals surface area (Å²) in [7, 11) is 0. The molecule has 0 bridgehead atoms. The van der Waals surface area contributed by atoms with Gasteiger partial charge in [0.05, 0.1) is 0 Å². The fourth-order valence-electron chi connectivity index (χ4n) is 1.60. The van der Waals surface area contributed by atoms with Gasteiger partial charge in [-0.25, -0.2) is 4.79 Å². The van der Waals surface area contributed by atoms with Gasteiger partial charge in [-0.15, -0.1) is 0 Å². The number of hydrogen-bond donors (Lipinski definition) is 0. The lowest BCUT2D eigenvalue weighted by Crippen LogP contribution is -2.03. The second-order valence-corrected chi connectivity index (χ2v) is 4.50. The smallest absolute Gasteiger partial charge is 0.336 e. The van der Waals surface area contributed by atoms with Crippen molar-refractivity contribution in [3.63, 3.8) is 0 Å². The van der Waals surface area contributed by atoms with Gasteiger partial charge in [0.1, 0.15) is 5.75 Å². The minimum atomic E-state index is -0.425. The third-order valence-corrected chi connectivity index (χ3v) is 2.86. The fourth-order valence-corrected chi connectivity index (χ4v) is 1.80. The average Bonchev–Trinajstić information content (AvgIpc) is 2.38. The van der Waals surface area contributed by atoms with E-state index < -0.39 is 5.97 Å². The molecule has 0 aliphatic heterocycles. The predicted octanol–water partition coefficient (Wildman–Crippen LogP) is 4.27. The molecule has 0 unspecified atom stereocenters. The molecule has 96 valence electrons. The molecule has 0 aromatic heterocycles. The Kier molecular flexibility index (Phi) is 4.37. The molecule has 2 aromatic carbocycles. The number of halogens is 1. The molecule has 0 atom stereocenters. The second-order valence-electron chi connectivity index (χ2n) is 4.09. The number of ether oxygens (including phenoxy) is 1. The van der Waals surface area contributed by atoms with Crippen LogP contribution in [-0.4, -0.2) is 5.97 Å². The Morgan fingerprint density at radius 2 is 1.95 bits per heavy atom. The number of aryl methyl sites for hydroxylation is 1. The van der Waals surface area contributed by atoms with E-state index in [4.69, 9.17) is 16.3 Å². The van der Waals surface area contributed by atoms with Crippen molar-refractivity contribution in [3.8, 4) is 5.75 Å². The Hall–Kier alpha value is -2.06. The number of hydrogen-bond acceptors (Lipinski definition) is 2. The maximum absolute atomic E-state index is 11.7. The van der Waals surface area contributed by atoms with Crippen molar-refractivity contribution in [2.24, 2.45) is 0 Å². The van der Waals surface area contributed by atoms with Crippen molar-refractivity contribution < 1.29 is 9.53 Å². The highest BCUT2D eigenvalue weighted by molar-refractivity contribution is 6.32. The van der Waals surface area contributed by atoms with Crippen molar-refractivity contribution in [3.05, 3.63) is 70.8 Å². The van der Waals surface area contributed by atoms with Crippen molar-refractivity contribution >= 4 is 23.6 Å². The third kappa shape index (κ3) is 3.97. The number of carbonyl (C=O) groups is 1. The van der Waals surface area contributed by atoms with E-state index in [-0.39, 0.29) is 0 Å². The molecule has 0 heterocycles. The number of carbonyl (C=O) groups excluding carboxylic acids is 1. The Labute approximate surface area is 117 Å². The first-order chi connectivity index (χ1) is 9.15. The standard InChI is InChI=1S/C16H13ClO2/c1-12-5-4-7-14(11-12)19-16(18)10-9-13-6-2-3-8-15(13)17/h2-11H,1H3/b10-9+. The number of rotatable bonds is 3. The topological polar surface area (TPSA) is 26.3 Å². The maximum Gasteiger partial charge on any atom is 0.336 e. The summed E-state index contributed by atoms with van der Waals surface area (Å²) in [6, 6.07) is 14.6. The summed E-state index contributed by atoms with van der Waals surface area (Å²) in [4.78, 5) is 11.7. The normalized spacial score (nSPS) is 10.6. The van der Waals surface area contributed by atoms with Gasteiger partial charge >= 0.3 is 5.97 Å². The number of benzene rings is 2. The molecule has 0 N–H and O–H groups in total. The highest BCUT2D eigenvalue weighted by Crippen LogP contribution is 2.17. The van der Waals surface area contributed by atoms with Crippen LogP contribution in [0.3, 0.4) is 0 Å². The first-order valence-electron chi connectivity index (χ1n) is 5.86. The van der Waals surface area contributed by atoms with E-state index in [1.54, 1.807) is 24.3 Å². The molecule has 0 fully saturated rings. The van der Waals surface area contributed by atoms with Gasteiger partial charge < -0.3 is 4.74 Å². The number of esters is 1. The van der Waals surface area contributed by atoms with E-state index in [0.717, 1.165) is 11.1 Å². The Morgan fingerprint density at radius 3 is 2.68 bits per heavy atom. The zero-order valence-electron chi connectivity index (χ0n) is 10.5. The monoisotopic (exact) mass is 272 g/mol. The van der Waals surface area contributed by atoms with E-state index in [1.807, 2.05) is 37.3 Å². The lowest BCUT2D eigenvalue weighted by molar-refractivity contribution is -0.128. The summed E-state index contributed by atoms with van der Waals surface area (Å²) in [5.74, 6) is 0.110. The van der Waals surface area contributed by atoms with Gasteiger partial charge in [-0.1, -0.05) is 41.9 Å². The molecule has 0 spiro atoms. The van der Waals surface area contributed by atoms with Crippen LogP contribution in [-0.2, 0) is 4.79 Å². The third-order valence-electron chi connectivity index (χ3n) is 2.51. The summed E-state index contributed by atoms with van der Waals surface area (Å²) in [6.07, 6.45) is 3.00. The van der Waals surface area contributed by atoms with E-state index >= 15 is 0 Å². The SMILES string of the molecule is Cc1cccc(OC(=O)/C=C/c2ccccc2Cl)c1. The molecule has 3 heteroatoms. The molecular weight excluding hydrogens is 260 g/mol.